The second-order valence-electron chi connectivity index (χ2n) is 6.75. The van der Waals surface area contributed by atoms with Gasteiger partial charge in [0.15, 0.2) is 0 Å². The number of halogens is 1. The van der Waals surface area contributed by atoms with Crippen molar-refractivity contribution in [2.75, 3.05) is 31.6 Å². The molecule has 0 aliphatic carbocycles. The maximum atomic E-state index is 13.1. The lowest BCUT2D eigenvalue weighted by molar-refractivity contribution is -0.145. The lowest BCUT2D eigenvalue weighted by atomic mass is 10.1. The van der Waals surface area contributed by atoms with E-state index in [2.05, 4.69) is 0 Å². The van der Waals surface area contributed by atoms with Crippen LogP contribution in [-0.2, 0) is 19.6 Å². The third kappa shape index (κ3) is 5.31. The Labute approximate surface area is 182 Å². The second kappa shape index (κ2) is 9.95. The van der Waals surface area contributed by atoms with Gasteiger partial charge in [0, 0.05) is 30.7 Å². The third-order valence-corrected chi connectivity index (χ3v) is 6.69. The van der Waals surface area contributed by atoms with E-state index in [9.17, 15) is 18.0 Å². The van der Waals surface area contributed by atoms with Crippen LogP contribution in [0.25, 0.3) is 0 Å². The van der Waals surface area contributed by atoms with Gasteiger partial charge < -0.3 is 9.64 Å². The molecule has 0 fully saturated rings. The van der Waals surface area contributed by atoms with Gasteiger partial charge in [-0.3, -0.25) is 13.9 Å². The summed E-state index contributed by atoms with van der Waals surface area (Å²) in [6.07, 6.45) is 0. The molecule has 2 aromatic rings. The molecule has 1 unspecified atom stereocenters. The number of carbonyl (C=O) groups is 2. The van der Waals surface area contributed by atoms with E-state index in [0.717, 1.165) is 4.31 Å². The number of rotatable bonds is 8. The van der Waals surface area contributed by atoms with Crippen molar-refractivity contribution in [2.24, 2.45) is 5.92 Å². The molecule has 0 saturated carbocycles. The Morgan fingerprint density at radius 3 is 2.40 bits per heavy atom. The van der Waals surface area contributed by atoms with Crippen molar-refractivity contribution in [1.82, 2.24) is 4.90 Å². The number of methoxy groups -OCH3 is 1. The van der Waals surface area contributed by atoms with E-state index < -0.39 is 21.9 Å². The standard InChI is InChI=1S/C21H25ClN2O5S/c1-5-24(14-15(2)21(26)29-4)20(25)16-8-6-11-19(12-16)30(27,28)23(3)18-10-7-9-17(22)13-18/h6-13,15H,5,14H2,1-4H3. The van der Waals surface area contributed by atoms with Crippen molar-refractivity contribution in [3.8, 4) is 0 Å². The van der Waals surface area contributed by atoms with Crippen LogP contribution in [0, 0.1) is 5.92 Å². The maximum Gasteiger partial charge on any atom is 0.310 e. The normalized spacial score (nSPS) is 12.2. The molecule has 0 radical (unpaired) electrons. The number of hydrogen-bond acceptors (Lipinski definition) is 5. The van der Waals surface area contributed by atoms with Crippen LogP contribution in [0.15, 0.2) is 53.4 Å². The average Bonchev–Trinajstić information content (AvgIpc) is 2.75. The lowest BCUT2D eigenvalue weighted by Crippen LogP contribution is -2.37. The first-order valence-electron chi connectivity index (χ1n) is 9.33. The van der Waals surface area contributed by atoms with Gasteiger partial charge in [0.05, 0.1) is 23.6 Å². The molecule has 162 valence electrons. The second-order valence-corrected chi connectivity index (χ2v) is 9.15. The van der Waals surface area contributed by atoms with Crippen molar-refractivity contribution in [3.63, 3.8) is 0 Å². The van der Waals surface area contributed by atoms with Crippen molar-refractivity contribution in [3.05, 3.63) is 59.1 Å². The summed E-state index contributed by atoms with van der Waals surface area (Å²) in [6, 6.07) is 12.3. The summed E-state index contributed by atoms with van der Waals surface area (Å²) < 4.78 is 31.9. The van der Waals surface area contributed by atoms with Gasteiger partial charge in [0.2, 0.25) is 0 Å². The Morgan fingerprint density at radius 2 is 1.80 bits per heavy atom. The molecule has 1 amide bonds. The fraction of sp³-hybridized carbons (Fsp3) is 0.333. The Balaban J connectivity index is 2.32. The average molecular weight is 453 g/mol. The summed E-state index contributed by atoms with van der Waals surface area (Å²) in [5.74, 6) is -1.28. The smallest absolute Gasteiger partial charge is 0.310 e. The minimum absolute atomic E-state index is 0.0205. The topological polar surface area (TPSA) is 84.0 Å². The molecule has 9 heteroatoms. The Hall–Kier alpha value is -2.58. The predicted molar refractivity (Wildman–Crippen MR) is 116 cm³/mol. The van der Waals surface area contributed by atoms with Crippen LogP contribution in [0.4, 0.5) is 5.69 Å². The molecule has 0 aliphatic heterocycles. The van der Waals surface area contributed by atoms with Gasteiger partial charge in [-0.05, 0) is 43.3 Å². The van der Waals surface area contributed by atoms with Crippen LogP contribution in [0.2, 0.25) is 5.02 Å². The molecule has 30 heavy (non-hydrogen) atoms. The van der Waals surface area contributed by atoms with Crippen molar-refractivity contribution < 1.29 is 22.7 Å². The largest absolute Gasteiger partial charge is 0.469 e. The number of benzene rings is 2. The molecule has 7 nitrogen and oxygen atoms in total. The van der Waals surface area contributed by atoms with Gasteiger partial charge >= 0.3 is 5.97 Å². The van der Waals surface area contributed by atoms with Gasteiger partial charge in [-0.1, -0.05) is 30.7 Å². The minimum atomic E-state index is -3.91. The van der Waals surface area contributed by atoms with Crippen LogP contribution >= 0.6 is 11.6 Å². The monoisotopic (exact) mass is 452 g/mol. The number of nitrogens with zero attached hydrogens (tertiary/aromatic N) is 2. The third-order valence-electron chi connectivity index (χ3n) is 4.68. The summed E-state index contributed by atoms with van der Waals surface area (Å²) in [4.78, 5) is 26.1. The fourth-order valence-corrected chi connectivity index (χ4v) is 4.32. The molecule has 0 bridgehead atoms. The molecular formula is C21H25ClN2O5S. The molecule has 1 atom stereocenters. The van der Waals surface area contributed by atoms with E-state index in [0.29, 0.717) is 17.3 Å². The highest BCUT2D eigenvalue weighted by atomic mass is 35.5. The van der Waals surface area contributed by atoms with E-state index >= 15 is 0 Å². The van der Waals surface area contributed by atoms with Gasteiger partial charge in [-0.25, -0.2) is 8.42 Å². The minimum Gasteiger partial charge on any atom is -0.469 e. The Kier molecular flexibility index (Phi) is 7.86. The number of esters is 1. The summed E-state index contributed by atoms with van der Waals surface area (Å²) in [5.41, 5.74) is 0.621. The molecular weight excluding hydrogens is 428 g/mol. The fourth-order valence-electron chi connectivity index (χ4n) is 2.90. The summed E-state index contributed by atoms with van der Waals surface area (Å²) in [6.45, 7) is 3.99. The number of carbonyl (C=O) groups excluding carboxylic acids is 2. The lowest BCUT2D eigenvalue weighted by Gasteiger charge is -2.24. The zero-order chi connectivity index (χ0) is 22.5. The highest BCUT2D eigenvalue weighted by molar-refractivity contribution is 7.92. The molecule has 0 N–H and O–H groups in total. The van der Waals surface area contributed by atoms with E-state index in [1.165, 1.54) is 37.3 Å². The van der Waals surface area contributed by atoms with Crippen LogP contribution in [0.5, 0.6) is 0 Å². The summed E-state index contributed by atoms with van der Waals surface area (Å²) in [5, 5.41) is 0.414. The van der Waals surface area contributed by atoms with Crippen LogP contribution < -0.4 is 4.31 Å². The molecule has 0 heterocycles. The molecule has 0 spiro atoms. The van der Waals surface area contributed by atoms with Gasteiger partial charge in [0.25, 0.3) is 15.9 Å². The highest BCUT2D eigenvalue weighted by Crippen LogP contribution is 2.25. The van der Waals surface area contributed by atoms with E-state index in [1.807, 2.05) is 0 Å². The molecule has 2 aromatic carbocycles. The van der Waals surface area contributed by atoms with Crippen molar-refractivity contribution >= 4 is 39.2 Å². The summed E-state index contributed by atoms with van der Waals surface area (Å²) >= 11 is 5.97. The highest BCUT2D eigenvalue weighted by Gasteiger charge is 2.25. The van der Waals surface area contributed by atoms with Gasteiger partial charge in [-0.15, -0.1) is 0 Å². The van der Waals surface area contributed by atoms with Crippen molar-refractivity contribution in [2.45, 2.75) is 18.7 Å². The van der Waals surface area contributed by atoms with Crippen molar-refractivity contribution in [1.29, 1.82) is 0 Å². The van der Waals surface area contributed by atoms with Crippen LogP contribution in [0.3, 0.4) is 0 Å². The first kappa shape index (κ1) is 23.7. The summed E-state index contributed by atoms with van der Waals surface area (Å²) in [7, 11) is -1.19. The first-order chi connectivity index (χ1) is 14.1. The van der Waals surface area contributed by atoms with Crippen LogP contribution in [-0.4, -0.2) is 52.4 Å². The quantitative estimate of drug-likeness (QED) is 0.573. The van der Waals surface area contributed by atoms with Crippen LogP contribution in [0.1, 0.15) is 24.2 Å². The predicted octanol–water partition coefficient (Wildman–Crippen LogP) is 3.44. The molecule has 2 rings (SSSR count). The first-order valence-corrected chi connectivity index (χ1v) is 11.1. The molecule has 0 saturated heterocycles. The maximum absolute atomic E-state index is 13.1. The number of ether oxygens (including phenoxy) is 1. The Bertz CT molecular complexity index is 1030. The zero-order valence-electron chi connectivity index (χ0n) is 17.3. The van der Waals surface area contributed by atoms with E-state index in [1.54, 1.807) is 44.2 Å². The van der Waals surface area contributed by atoms with E-state index in [4.69, 9.17) is 16.3 Å². The molecule has 0 aliphatic rings. The SMILES string of the molecule is CCN(CC(C)C(=O)OC)C(=O)c1cccc(S(=O)(=O)N(C)c2cccc(Cl)c2)c1. The number of sulfonamides is 1. The van der Waals surface area contributed by atoms with E-state index in [-0.39, 0.29) is 22.9 Å². The Morgan fingerprint density at radius 1 is 1.13 bits per heavy atom. The van der Waals surface area contributed by atoms with Gasteiger partial charge in [-0.2, -0.15) is 0 Å². The van der Waals surface area contributed by atoms with Gasteiger partial charge in [0.1, 0.15) is 0 Å². The molecule has 0 aromatic heterocycles. The number of amides is 1. The number of hydrogen-bond donors (Lipinski definition) is 0. The zero-order valence-corrected chi connectivity index (χ0v) is 18.9. The number of anilines is 1.